The maximum Gasteiger partial charge on any atom is 0.237 e. The second-order valence-electron chi connectivity index (χ2n) is 7.58. The first kappa shape index (κ1) is 17.0. The summed E-state index contributed by atoms with van der Waals surface area (Å²) in [5.74, 6) is 0.894. The fraction of sp³-hybridized carbons (Fsp3) is 0.632. The molecule has 1 fully saturated rings. The van der Waals surface area contributed by atoms with Crippen molar-refractivity contribution in [2.24, 2.45) is 5.92 Å². The number of hydrogen-bond acceptors (Lipinski definition) is 2. The lowest BCUT2D eigenvalue weighted by atomic mass is 9.89. The number of benzene rings is 1. The van der Waals surface area contributed by atoms with Crippen LogP contribution in [0, 0.1) is 5.92 Å². The fourth-order valence-electron chi connectivity index (χ4n) is 3.13. The van der Waals surface area contributed by atoms with Crippen molar-refractivity contribution in [3.8, 4) is 0 Å². The molecule has 122 valence electrons. The van der Waals surface area contributed by atoms with Gasteiger partial charge in [0.15, 0.2) is 0 Å². The van der Waals surface area contributed by atoms with Gasteiger partial charge in [-0.25, -0.2) is 0 Å². The molecular formula is C19H30N2O. The van der Waals surface area contributed by atoms with Gasteiger partial charge >= 0.3 is 0 Å². The molecular weight excluding hydrogens is 272 g/mol. The van der Waals surface area contributed by atoms with Crippen molar-refractivity contribution in [3.05, 3.63) is 35.9 Å². The normalized spacial score (nSPS) is 18.9. The summed E-state index contributed by atoms with van der Waals surface area (Å²) in [6, 6.07) is 10.7. The Kier molecular flexibility index (Phi) is 5.63. The minimum absolute atomic E-state index is 0.0306. The van der Waals surface area contributed by atoms with Crippen LogP contribution in [0.1, 0.15) is 46.1 Å². The molecule has 3 nitrogen and oxygen atoms in total. The minimum atomic E-state index is -0.156. The molecule has 3 heteroatoms. The molecule has 1 N–H and O–H groups in total. The lowest BCUT2D eigenvalue weighted by Crippen LogP contribution is -2.52. The monoisotopic (exact) mass is 302 g/mol. The lowest BCUT2D eigenvalue weighted by molar-refractivity contribution is -0.127. The molecule has 0 spiro atoms. The number of nitrogens with one attached hydrogen (secondary N) is 1. The van der Waals surface area contributed by atoms with Crippen LogP contribution in [0.3, 0.4) is 0 Å². The van der Waals surface area contributed by atoms with Crippen LogP contribution in [0.5, 0.6) is 0 Å². The molecule has 0 radical (unpaired) electrons. The van der Waals surface area contributed by atoms with Gasteiger partial charge in [0.05, 0.1) is 6.04 Å². The van der Waals surface area contributed by atoms with Gasteiger partial charge < -0.3 is 5.32 Å². The van der Waals surface area contributed by atoms with Crippen molar-refractivity contribution < 1.29 is 4.79 Å². The zero-order valence-electron chi connectivity index (χ0n) is 14.4. The van der Waals surface area contributed by atoms with Crippen molar-refractivity contribution in [2.45, 2.75) is 58.5 Å². The van der Waals surface area contributed by atoms with E-state index in [1.54, 1.807) is 0 Å². The Morgan fingerprint density at radius 3 is 2.36 bits per heavy atom. The number of nitrogens with zero attached hydrogens (tertiary/aromatic N) is 1. The number of likely N-dealkylation sites (tertiary alicyclic amines) is 1. The van der Waals surface area contributed by atoms with Gasteiger partial charge in [-0.3, -0.25) is 9.69 Å². The van der Waals surface area contributed by atoms with Crippen molar-refractivity contribution in [2.75, 3.05) is 13.1 Å². The Morgan fingerprint density at radius 1 is 1.23 bits per heavy atom. The van der Waals surface area contributed by atoms with Crippen LogP contribution in [-0.4, -0.2) is 35.5 Å². The SMILES string of the molecule is C[C@H](C(=O)NC(C)(C)C)N1CCC(Cc2ccccc2)CC1. The largest absolute Gasteiger partial charge is 0.350 e. The first-order chi connectivity index (χ1) is 10.3. The quantitative estimate of drug-likeness (QED) is 0.926. The Hall–Kier alpha value is -1.35. The molecule has 2 rings (SSSR count). The summed E-state index contributed by atoms with van der Waals surface area (Å²) >= 11 is 0. The van der Waals surface area contributed by atoms with Crippen LogP contribution in [-0.2, 0) is 11.2 Å². The summed E-state index contributed by atoms with van der Waals surface area (Å²) in [5, 5.41) is 3.09. The molecule has 1 atom stereocenters. The van der Waals surface area contributed by atoms with E-state index in [-0.39, 0.29) is 17.5 Å². The highest BCUT2D eigenvalue weighted by Gasteiger charge is 2.28. The van der Waals surface area contributed by atoms with Crippen LogP contribution < -0.4 is 5.32 Å². The number of carbonyl (C=O) groups excluding carboxylic acids is 1. The zero-order chi connectivity index (χ0) is 16.2. The average molecular weight is 302 g/mol. The van der Waals surface area contributed by atoms with Gasteiger partial charge in [0.25, 0.3) is 0 Å². The highest BCUT2D eigenvalue weighted by molar-refractivity contribution is 5.81. The molecule has 1 aliphatic heterocycles. The Bertz CT molecular complexity index is 470. The van der Waals surface area contributed by atoms with E-state index >= 15 is 0 Å². The zero-order valence-corrected chi connectivity index (χ0v) is 14.4. The molecule has 0 aliphatic carbocycles. The molecule has 1 saturated heterocycles. The van der Waals surface area contributed by atoms with Crippen LogP contribution in [0.4, 0.5) is 0 Å². The molecule has 0 saturated carbocycles. The van der Waals surface area contributed by atoms with E-state index in [4.69, 9.17) is 0 Å². The van der Waals surface area contributed by atoms with Crippen LogP contribution in [0.15, 0.2) is 30.3 Å². The maximum atomic E-state index is 12.3. The summed E-state index contributed by atoms with van der Waals surface area (Å²) in [6.07, 6.45) is 3.53. The lowest BCUT2D eigenvalue weighted by Gasteiger charge is -2.36. The molecule has 0 unspecified atom stereocenters. The number of amides is 1. The van der Waals surface area contributed by atoms with Crippen LogP contribution in [0.2, 0.25) is 0 Å². The molecule has 1 heterocycles. The van der Waals surface area contributed by atoms with E-state index < -0.39 is 0 Å². The molecule has 1 aliphatic rings. The van der Waals surface area contributed by atoms with Crippen LogP contribution >= 0.6 is 0 Å². The standard InChI is InChI=1S/C19H30N2O/c1-15(18(22)20-19(2,3)4)21-12-10-17(11-13-21)14-16-8-6-5-7-9-16/h5-9,15,17H,10-14H2,1-4H3,(H,20,22)/t15-/m1/s1. The molecule has 22 heavy (non-hydrogen) atoms. The summed E-state index contributed by atoms with van der Waals surface area (Å²) in [6.45, 7) is 10.2. The van der Waals surface area contributed by atoms with Gasteiger partial charge in [0, 0.05) is 5.54 Å². The van der Waals surface area contributed by atoms with Gasteiger partial charge in [0.2, 0.25) is 5.91 Å². The van der Waals surface area contributed by atoms with E-state index in [1.807, 2.05) is 27.7 Å². The fourth-order valence-corrected chi connectivity index (χ4v) is 3.13. The molecule has 0 aromatic heterocycles. The predicted molar refractivity (Wildman–Crippen MR) is 91.8 cm³/mol. The van der Waals surface area contributed by atoms with Gasteiger partial charge in [-0.2, -0.15) is 0 Å². The van der Waals surface area contributed by atoms with E-state index in [0.717, 1.165) is 25.4 Å². The minimum Gasteiger partial charge on any atom is -0.350 e. The Labute approximate surface area is 135 Å². The second-order valence-corrected chi connectivity index (χ2v) is 7.58. The molecule has 1 amide bonds. The summed E-state index contributed by atoms with van der Waals surface area (Å²) in [5.41, 5.74) is 1.27. The first-order valence-electron chi connectivity index (χ1n) is 8.45. The van der Waals surface area contributed by atoms with Gasteiger partial charge in [0.1, 0.15) is 0 Å². The third-order valence-electron chi connectivity index (χ3n) is 4.44. The molecule has 1 aromatic rings. The molecule has 1 aromatic carbocycles. The highest BCUT2D eigenvalue weighted by atomic mass is 16.2. The highest BCUT2D eigenvalue weighted by Crippen LogP contribution is 2.23. The number of piperidine rings is 1. The Balaban J connectivity index is 1.80. The Morgan fingerprint density at radius 2 is 1.82 bits per heavy atom. The van der Waals surface area contributed by atoms with E-state index in [9.17, 15) is 4.79 Å². The second kappa shape index (κ2) is 7.28. The third kappa shape index (κ3) is 5.13. The third-order valence-corrected chi connectivity index (χ3v) is 4.44. The molecule has 0 bridgehead atoms. The maximum absolute atomic E-state index is 12.3. The topological polar surface area (TPSA) is 32.3 Å². The van der Waals surface area contributed by atoms with Crippen LogP contribution in [0.25, 0.3) is 0 Å². The number of rotatable bonds is 4. The summed E-state index contributed by atoms with van der Waals surface area (Å²) in [4.78, 5) is 14.6. The van der Waals surface area contributed by atoms with Crippen molar-refractivity contribution in [3.63, 3.8) is 0 Å². The summed E-state index contributed by atoms with van der Waals surface area (Å²) < 4.78 is 0. The van der Waals surface area contributed by atoms with Gasteiger partial charge in [-0.05, 0) is 71.5 Å². The van der Waals surface area contributed by atoms with Crippen molar-refractivity contribution in [1.29, 1.82) is 0 Å². The smallest absolute Gasteiger partial charge is 0.237 e. The van der Waals surface area contributed by atoms with Crippen molar-refractivity contribution in [1.82, 2.24) is 10.2 Å². The number of hydrogen-bond donors (Lipinski definition) is 1. The number of carbonyl (C=O) groups is 1. The van der Waals surface area contributed by atoms with Gasteiger partial charge in [-0.1, -0.05) is 30.3 Å². The van der Waals surface area contributed by atoms with Crippen molar-refractivity contribution >= 4 is 5.91 Å². The van der Waals surface area contributed by atoms with Gasteiger partial charge in [-0.15, -0.1) is 0 Å². The van der Waals surface area contributed by atoms with E-state index in [1.165, 1.54) is 18.4 Å². The average Bonchev–Trinajstić information content (AvgIpc) is 2.46. The van der Waals surface area contributed by atoms with E-state index in [2.05, 4.69) is 40.5 Å². The first-order valence-corrected chi connectivity index (χ1v) is 8.45. The predicted octanol–water partition coefficient (Wildman–Crippen LogP) is 3.24. The van der Waals surface area contributed by atoms with E-state index in [0.29, 0.717) is 0 Å². The summed E-state index contributed by atoms with van der Waals surface area (Å²) in [7, 11) is 0.